The molecule has 1 saturated carbocycles. The van der Waals surface area contributed by atoms with Gasteiger partial charge < -0.3 is 4.90 Å². The Bertz CT molecular complexity index is 1190. The zero-order valence-electron chi connectivity index (χ0n) is 18.3. The minimum absolute atomic E-state index is 0.0984. The smallest absolute Gasteiger partial charge is 0.186 e. The maximum atomic E-state index is 13.7. The molecule has 7 nitrogen and oxygen atoms in total. The summed E-state index contributed by atoms with van der Waals surface area (Å²) in [7, 11) is 0. The van der Waals surface area contributed by atoms with E-state index in [0.717, 1.165) is 61.1 Å². The molecule has 2 aromatic carbocycles. The minimum Gasteiger partial charge on any atom is -0.345 e. The molecule has 1 aliphatic carbocycles. The molecule has 0 radical (unpaired) electrons. The van der Waals surface area contributed by atoms with E-state index < -0.39 is 0 Å². The molecule has 0 amide bonds. The summed E-state index contributed by atoms with van der Waals surface area (Å²) >= 11 is 1.75. The van der Waals surface area contributed by atoms with E-state index in [0.29, 0.717) is 6.04 Å². The average Bonchev–Trinajstić information content (AvgIpc) is 3.61. The van der Waals surface area contributed by atoms with Crippen LogP contribution in [-0.4, -0.2) is 56.3 Å². The maximum Gasteiger partial charge on any atom is 0.186 e. The van der Waals surface area contributed by atoms with Crippen LogP contribution in [0.15, 0.2) is 48.5 Å². The number of nitrogens with zero attached hydrogens (tertiary/aromatic N) is 7. The van der Waals surface area contributed by atoms with E-state index in [4.69, 9.17) is 4.98 Å². The van der Waals surface area contributed by atoms with Crippen molar-refractivity contribution in [3.63, 3.8) is 0 Å². The van der Waals surface area contributed by atoms with Gasteiger partial charge in [-0.05, 0) is 53.1 Å². The molecule has 0 bridgehead atoms. The van der Waals surface area contributed by atoms with E-state index in [2.05, 4.69) is 43.5 Å². The number of thiazole rings is 1. The highest BCUT2D eigenvalue weighted by Crippen LogP contribution is 2.35. The second-order valence-electron chi connectivity index (χ2n) is 8.86. The molecule has 3 heterocycles. The molecule has 2 aromatic heterocycles. The molecule has 1 unspecified atom stereocenters. The van der Waals surface area contributed by atoms with E-state index in [-0.39, 0.29) is 11.9 Å². The number of hydrogen-bond acceptors (Lipinski definition) is 7. The molecule has 0 spiro atoms. The van der Waals surface area contributed by atoms with E-state index in [1.54, 1.807) is 11.3 Å². The van der Waals surface area contributed by atoms with Crippen molar-refractivity contribution < 1.29 is 4.39 Å². The van der Waals surface area contributed by atoms with Crippen LogP contribution in [0.3, 0.4) is 0 Å². The largest absolute Gasteiger partial charge is 0.345 e. The Balaban J connectivity index is 1.28. The van der Waals surface area contributed by atoms with Crippen molar-refractivity contribution in [3.05, 3.63) is 65.7 Å². The quantitative estimate of drug-likeness (QED) is 0.436. The van der Waals surface area contributed by atoms with Crippen molar-refractivity contribution in [2.75, 3.05) is 31.1 Å². The van der Waals surface area contributed by atoms with Gasteiger partial charge in [0, 0.05) is 26.2 Å². The first-order valence-corrected chi connectivity index (χ1v) is 12.5. The Morgan fingerprint density at radius 1 is 0.939 bits per heavy atom. The molecule has 0 N–H and O–H groups in total. The van der Waals surface area contributed by atoms with Gasteiger partial charge in [-0.15, -0.1) is 5.10 Å². The lowest BCUT2D eigenvalue weighted by Gasteiger charge is -2.39. The standard InChI is InChI=1S/C24H26FN7S/c25-18-11-9-17(10-12-18)22(23-27-28-29-32(23)19-5-1-2-6-19)30-13-15-31(16-14-30)24-26-20-7-3-4-8-21(20)33-24/h3-4,7-12,19,22H,1-2,5-6,13-16H2. The Morgan fingerprint density at radius 3 is 2.45 bits per heavy atom. The summed E-state index contributed by atoms with van der Waals surface area (Å²) in [4.78, 5) is 9.63. The Hall–Kier alpha value is -2.91. The van der Waals surface area contributed by atoms with Crippen molar-refractivity contribution in [1.29, 1.82) is 0 Å². The minimum atomic E-state index is -0.228. The van der Waals surface area contributed by atoms with Crippen molar-refractivity contribution >= 4 is 26.7 Å². The zero-order valence-corrected chi connectivity index (χ0v) is 19.2. The van der Waals surface area contributed by atoms with Gasteiger partial charge in [0.05, 0.1) is 22.3 Å². The molecule has 4 aromatic rings. The second kappa shape index (κ2) is 8.79. The fourth-order valence-corrected chi connectivity index (χ4v) is 6.14. The van der Waals surface area contributed by atoms with Gasteiger partial charge in [0.1, 0.15) is 5.82 Å². The first kappa shape index (κ1) is 20.7. The molecular formula is C24H26FN7S. The molecule has 1 atom stereocenters. The SMILES string of the molecule is Fc1ccc(C(c2nnnn2C2CCCC2)N2CCN(c3nc4ccccc4s3)CC2)cc1. The summed E-state index contributed by atoms with van der Waals surface area (Å²) in [5.74, 6) is 0.635. The third kappa shape index (κ3) is 4.00. The molecule has 170 valence electrons. The molecule has 1 aliphatic heterocycles. The van der Waals surface area contributed by atoms with Gasteiger partial charge in [-0.25, -0.2) is 14.1 Å². The van der Waals surface area contributed by atoms with Crippen LogP contribution in [0.5, 0.6) is 0 Å². The highest BCUT2D eigenvalue weighted by atomic mass is 32.1. The maximum absolute atomic E-state index is 13.7. The fraction of sp³-hybridized carbons (Fsp3) is 0.417. The molecular weight excluding hydrogens is 437 g/mol. The number of benzene rings is 2. The predicted octanol–water partition coefficient (Wildman–Crippen LogP) is 4.45. The third-order valence-electron chi connectivity index (χ3n) is 6.85. The zero-order chi connectivity index (χ0) is 22.2. The van der Waals surface area contributed by atoms with Gasteiger partial charge in [-0.1, -0.05) is 48.4 Å². The van der Waals surface area contributed by atoms with Crippen LogP contribution >= 0.6 is 11.3 Å². The topological polar surface area (TPSA) is 63.0 Å². The Kier molecular flexibility index (Phi) is 5.51. The van der Waals surface area contributed by atoms with Gasteiger partial charge in [0.25, 0.3) is 0 Å². The van der Waals surface area contributed by atoms with E-state index in [9.17, 15) is 4.39 Å². The van der Waals surface area contributed by atoms with Crippen LogP contribution < -0.4 is 4.90 Å². The van der Waals surface area contributed by atoms with Crippen molar-refractivity contribution in [2.24, 2.45) is 0 Å². The van der Waals surface area contributed by atoms with Crippen LogP contribution in [0.4, 0.5) is 9.52 Å². The van der Waals surface area contributed by atoms with Crippen LogP contribution in [0, 0.1) is 5.82 Å². The van der Waals surface area contributed by atoms with Crippen molar-refractivity contribution in [2.45, 2.75) is 37.8 Å². The highest BCUT2D eigenvalue weighted by Gasteiger charge is 2.33. The summed E-state index contributed by atoms with van der Waals surface area (Å²) in [5, 5.41) is 14.0. The van der Waals surface area contributed by atoms with Crippen LogP contribution in [-0.2, 0) is 0 Å². The monoisotopic (exact) mass is 463 g/mol. The van der Waals surface area contributed by atoms with Crippen molar-refractivity contribution in [3.8, 4) is 0 Å². The Morgan fingerprint density at radius 2 is 1.70 bits per heavy atom. The van der Waals surface area contributed by atoms with E-state index in [1.807, 2.05) is 22.9 Å². The molecule has 33 heavy (non-hydrogen) atoms. The first-order chi connectivity index (χ1) is 16.3. The predicted molar refractivity (Wildman–Crippen MR) is 127 cm³/mol. The second-order valence-corrected chi connectivity index (χ2v) is 9.87. The lowest BCUT2D eigenvalue weighted by atomic mass is 10.0. The van der Waals surface area contributed by atoms with Crippen LogP contribution in [0.1, 0.15) is 49.2 Å². The Labute approximate surface area is 195 Å². The number of aromatic nitrogens is 5. The lowest BCUT2D eigenvalue weighted by molar-refractivity contribution is 0.197. The summed E-state index contributed by atoms with van der Waals surface area (Å²) in [6.45, 7) is 3.47. The van der Waals surface area contributed by atoms with Gasteiger partial charge in [-0.3, -0.25) is 4.90 Å². The number of halogens is 1. The highest BCUT2D eigenvalue weighted by molar-refractivity contribution is 7.22. The fourth-order valence-electron chi connectivity index (χ4n) is 5.12. The van der Waals surface area contributed by atoms with Gasteiger partial charge >= 0.3 is 0 Å². The molecule has 1 saturated heterocycles. The van der Waals surface area contributed by atoms with Crippen molar-refractivity contribution in [1.82, 2.24) is 30.1 Å². The van der Waals surface area contributed by atoms with E-state index >= 15 is 0 Å². The number of rotatable bonds is 5. The number of hydrogen-bond donors (Lipinski definition) is 0. The summed E-state index contributed by atoms with van der Waals surface area (Å²) in [6.07, 6.45) is 4.65. The van der Waals surface area contributed by atoms with Crippen LogP contribution in [0.25, 0.3) is 10.2 Å². The average molecular weight is 464 g/mol. The van der Waals surface area contributed by atoms with Gasteiger partial charge in [0.2, 0.25) is 0 Å². The van der Waals surface area contributed by atoms with Crippen LogP contribution in [0.2, 0.25) is 0 Å². The number of para-hydroxylation sites is 1. The molecule has 2 aliphatic rings. The molecule has 6 rings (SSSR count). The number of anilines is 1. The number of piperazine rings is 1. The first-order valence-electron chi connectivity index (χ1n) is 11.6. The number of tetrazole rings is 1. The summed E-state index contributed by atoms with van der Waals surface area (Å²) < 4.78 is 17.0. The van der Waals surface area contributed by atoms with Gasteiger partial charge in [0.15, 0.2) is 11.0 Å². The van der Waals surface area contributed by atoms with Gasteiger partial charge in [-0.2, -0.15) is 0 Å². The molecule has 9 heteroatoms. The summed E-state index contributed by atoms with van der Waals surface area (Å²) in [5.41, 5.74) is 2.08. The normalized spacial score (nSPS) is 18.9. The summed E-state index contributed by atoms with van der Waals surface area (Å²) in [6, 6.07) is 15.3. The number of fused-ring (bicyclic) bond motifs is 1. The molecule has 2 fully saturated rings. The van der Waals surface area contributed by atoms with E-state index in [1.165, 1.54) is 29.7 Å². The third-order valence-corrected chi connectivity index (χ3v) is 7.95. The lowest BCUT2D eigenvalue weighted by Crippen LogP contribution is -2.48.